The number of aryl methyl sites for hydroxylation is 1. The summed E-state index contributed by atoms with van der Waals surface area (Å²) in [5, 5.41) is 0.969. The number of halogens is 1. The predicted octanol–water partition coefficient (Wildman–Crippen LogP) is 1.60. The monoisotopic (exact) mass is 200 g/mol. The van der Waals surface area contributed by atoms with Crippen molar-refractivity contribution >= 4 is 21.7 Å². The van der Waals surface area contributed by atoms with Crippen LogP contribution in [-0.4, -0.2) is 10.3 Å². The van der Waals surface area contributed by atoms with Gasteiger partial charge in [-0.2, -0.15) is 0 Å². The summed E-state index contributed by atoms with van der Waals surface area (Å²) in [5.41, 5.74) is 6.69. The molecular formula is C7H9BrN2. The molecule has 0 bridgehead atoms. The quantitative estimate of drug-likeness (QED) is 0.738. The van der Waals surface area contributed by atoms with Crippen molar-refractivity contribution in [2.45, 2.75) is 6.42 Å². The van der Waals surface area contributed by atoms with Gasteiger partial charge >= 0.3 is 0 Å². The molecular weight excluding hydrogens is 192 g/mol. The van der Waals surface area contributed by atoms with E-state index < -0.39 is 0 Å². The van der Waals surface area contributed by atoms with E-state index in [1.54, 1.807) is 6.20 Å². The summed E-state index contributed by atoms with van der Waals surface area (Å²) in [4.78, 5) is 3.88. The minimum atomic E-state index is 0.596. The minimum absolute atomic E-state index is 0.596. The van der Waals surface area contributed by atoms with Crippen molar-refractivity contribution in [2.24, 2.45) is 0 Å². The second-order valence-corrected chi connectivity index (χ2v) is 2.82. The maximum Gasteiger partial charge on any atom is 0.123 e. The third kappa shape index (κ3) is 1.99. The van der Waals surface area contributed by atoms with Gasteiger partial charge in [0, 0.05) is 11.5 Å². The van der Waals surface area contributed by atoms with Crippen LogP contribution in [0.4, 0.5) is 5.82 Å². The molecule has 0 atom stereocenters. The highest BCUT2D eigenvalue weighted by atomic mass is 79.9. The second-order valence-electron chi connectivity index (χ2n) is 2.03. The summed E-state index contributed by atoms with van der Waals surface area (Å²) >= 11 is 3.35. The van der Waals surface area contributed by atoms with Gasteiger partial charge in [0.2, 0.25) is 0 Å². The summed E-state index contributed by atoms with van der Waals surface area (Å²) in [7, 11) is 0. The average molecular weight is 201 g/mol. The first-order valence-corrected chi connectivity index (χ1v) is 4.21. The highest BCUT2D eigenvalue weighted by Crippen LogP contribution is 2.04. The number of alkyl halides is 1. The van der Waals surface area contributed by atoms with Crippen LogP contribution < -0.4 is 5.73 Å². The Morgan fingerprint density at radius 1 is 1.60 bits per heavy atom. The molecule has 0 saturated carbocycles. The van der Waals surface area contributed by atoms with E-state index in [1.807, 2.05) is 12.1 Å². The van der Waals surface area contributed by atoms with Gasteiger partial charge in [-0.1, -0.05) is 15.9 Å². The maximum atomic E-state index is 5.46. The van der Waals surface area contributed by atoms with Crippen molar-refractivity contribution in [1.82, 2.24) is 4.98 Å². The molecule has 1 aromatic heterocycles. The van der Waals surface area contributed by atoms with E-state index in [0.717, 1.165) is 11.8 Å². The Labute approximate surface area is 68.6 Å². The Balaban J connectivity index is 2.75. The zero-order valence-corrected chi connectivity index (χ0v) is 7.13. The summed E-state index contributed by atoms with van der Waals surface area (Å²) in [5.74, 6) is 0.596. The Bertz CT molecular complexity index is 213. The molecule has 0 spiro atoms. The zero-order valence-electron chi connectivity index (χ0n) is 5.55. The van der Waals surface area contributed by atoms with Crippen molar-refractivity contribution < 1.29 is 0 Å². The Hall–Kier alpha value is -0.570. The molecule has 54 valence electrons. The molecule has 0 aliphatic heterocycles. The smallest absolute Gasteiger partial charge is 0.123 e. The van der Waals surface area contributed by atoms with E-state index >= 15 is 0 Å². The topological polar surface area (TPSA) is 38.9 Å². The number of pyridine rings is 1. The molecule has 2 nitrogen and oxygen atoms in total. The van der Waals surface area contributed by atoms with Crippen LogP contribution in [0.5, 0.6) is 0 Å². The van der Waals surface area contributed by atoms with Crippen molar-refractivity contribution in [3.8, 4) is 0 Å². The highest BCUT2D eigenvalue weighted by Gasteiger charge is 1.91. The molecule has 0 fully saturated rings. The van der Waals surface area contributed by atoms with Crippen LogP contribution in [0.3, 0.4) is 0 Å². The molecule has 2 N–H and O–H groups in total. The Kier molecular flexibility index (Phi) is 2.68. The number of nitrogens with zero attached hydrogens (tertiary/aromatic N) is 1. The van der Waals surface area contributed by atoms with E-state index in [4.69, 9.17) is 5.73 Å². The van der Waals surface area contributed by atoms with Gasteiger partial charge < -0.3 is 5.73 Å². The minimum Gasteiger partial charge on any atom is -0.384 e. The highest BCUT2D eigenvalue weighted by molar-refractivity contribution is 9.09. The number of anilines is 1. The molecule has 1 heterocycles. The first kappa shape index (κ1) is 7.54. The lowest BCUT2D eigenvalue weighted by molar-refractivity contribution is 1.15. The van der Waals surface area contributed by atoms with Crippen LogP contribution in [0.25, 0.3) is 0 Å². The fraction of sp³-hybridized carbons (Fsp3) is 0.286. The predicted molar refractivity (Wildman–Crippen MR) is 46.1 cm³/mol. The van der Waals surface area contributed by atoms with Gasteiger partial charge in [0.05, 0.1) is 0 Å². The van der Waals surface area contributed by atoms with E-state index in [2.05, 4.69) is 20.9 Å². The molecule has 0 aromatic carbocycles. The zero-order chi connectivity index (χ0) is 7.40. The number of rotatable bonds is 2. The third-order valence-electron chi connectivity index (χ3n) is 1.23. The van der Waals surface area contributed by atoms with Gasteiger partial charge in [-0.3, -0.25) is 0 Å². The Morgan fingerprint density at radius 3 is 3.00 bits per heavy atom. The van der Waals surface area contributed by atoms with E-state index in [1.165, 1.54) is 5.56 Å². The second kappa shape index (κ2) is 3.56. The lowest BCUT2D eigenvalue weighted by Crippen LogP contribution is -1.92. The number of hydrogen-bond donors (Lipinski definition) is 1. The van der Waals surface area contributed by atoms with Gasteiger partial charge in [0.1, 0.15) is 5.82 Å². The van der Waals surface area contributed by atoms with Crippen LogP contribution in [0, 0.1) is 0 Å². The lowest BCUT2D eigenvalue weighted by Gasteiger charge is -1.96. The van der Waals surface area contributed by atoms with Crippen molar-refractivity contribution in [1.29, 1.82) is 0 Å². The molecule has 0 aliphatic carbocycles. The standard InChI is InChI=1S/C7H9BrN2/c8-3-1-6-2-4-10-7(9)5-6/h2,4-5H,1,3H2,(H2,9,10). The number of hydrogen-bond acceptors (Lipinski definition) is 2. The molecule has 3 heteroatoms. The van der Waals surface area contributed by atoms with Crippen molar-refractivity contribution in [2.75, 3.05) is 11.1 Å². The summed E-state index contributed by atoms with van der Waals surface area (Å²) in [6, 6.07) is 3.86. The number of nitrogen functional groups attached to an aromatic ring is 1. The summed E-state index contributed by atoms with van der Waals surface area (Å²) in [6.07, 6.45) is 2.74. The number of nitrogens with two attached hydrogens (primary N) is 1. The average Bonchev–Trinajstić information content (AvgIpc) is 1.88. The van der Waals surface area contributed by atoms with Gasteiger partial charge in [0.15, 0.2) is 0 Å². The number of aromatic nitrogens is 1. The fourth-order valence-electron chi connectivity index (χ4n) is 0.759. The fourth-order valence-corrected chi connectivity index (χ4v) is 1.22. The molecule has 1 rings (SSSR count). The first-order chi connectivity index (χ1) is 4.83. The molecule has 0 aliphatic rings. The lowest BCUT2D eigenvalue weighted by atomic mass is 10.2. The van der Waals surface area contributed by atoms with Gasteiger partial charge in [-0.15, -0.1) is 0 Å². The van der Waals surface area contributed by atoms with Gasteiger partial charge in [0.25, 0.3) is 0 Å². The molecule has 0 unspecified atom stereocenters. The van der Waals surface area contributed by atoms with E-state index in [-0.39, 0.29) is 0 Å². The van der Waals surface area contributed by atoms with Crippen molar-refractivity contribution in [3.63, 3.8) is 0 Å². The van der Waals surface area contributed by atoms with E-state index in [9.17, 15) is 0 Å². The molecule has 0 radical (unpaired) electrons. The molecule has 0 saturated heterocycles. The third-order valence-corrected chi connectivity index (χ3v) is 1.63. The van der Waals surface area contributed by atoms with Crippen LogP contribution in [0.1, 0.15) is 5.56 Å². The summed E-state index contributed by atoms with van der Waals surface area (Å²) < 4.78 is 0. The first-order valence-electron chi connectivity index (χ1n) is 3.09. The maximum absolute atomic E-state index is 5.46. The normalized spacial score (nSPS) is 9.70. The Morgan fingerprint density at radius 2 is 2.40 bits per heavy atom. The van der Waals surface area contributed by atoms with Crippen LogP contribution in [0.2, 0.25) is 0 Å². The van der Waals surface area contributed by atoms with Crippen LogP contribution in [0.15, 0.2) is 18.3 Å². The van der Waals surface area contributed by atoms with Crippen molar-refractivity contribution in [3.05, 3.63) is 23.9 Å². The van der Waals surface area contributed by atoms with Crippen LogP contribution in [-0.2, 0) is 6.42 Å². The molecule has 0 amide bonds. The SMILES string of the molecule is Nc1cc(CCBr)ccn1. The summed E-state index contributed by atoms with van der Waals surface area (Å²) in [6.45, 7) is 0. The van der Waals surface area contributed by atoms with Gasteiger partial charge in [-0.05, 0) is 24.1 Å². The molecule has 10 heavy (non-hydrogen) atoms. The van der Waals surface area contributed by atoms with Gasteiger partial charge in [-0.25, -0.2) is 4.98 Å². The van der Waals surface area contributed by atoms with E-state index in [0.29, 0.717) is 5.82 Å². The van der Waals surface area contributed by atoms with Crippen LogP contribution >= 0.6 is 15.9 Å². The largest absolute Gasteiger partial charge is 0.384 e. The molecule has 1 aromatic rings.